The highest BCUT2D eigenvalue weighted by atomic mass is 15.0. The van der Waals surface area contributed by atoms with E-state index in [2.05, 4.69) is 54.8 Å². The molecule has 0 saturated heterocycles. The largest absolute Gasteiger partial charge is 0.340 e. The molecule has 0 unspecified atom stereocenters. The Hall–Kier alpha value is -2.53. The summed E-state index contributed by atoms with van der Waals surface area (Å²) >= 11 is 0. The van der Waals surface area contributed by atoms with Gasteiger partial charge in [-0.3, -0.25) is 0 Å². The standard InChI is InChI=1S/C18H16N2/c1-3-20-17-7-5-4-6-15(17)16(12-19)18(20)14-10-8-13(2)9-11-14/h4-11H,3H2,1-2H3. The third kappa shape index (κ3) is 1.80. The van der Waals surface area contributed by atoms with E-state index in [1.54, 1.807) is 0 Å². The molecule has 0 aliphatic carbocycles. The van der Waals surface area contributed by atoms with Gasteiger partial charge >= 0.3 is 0 Å². The Morgan fingerprint density at radius 2 is 1.75 bits per heavy atom. The van der Waals surface area contributed by atoms with Gasteiger partial charge in [0.1, 0.15) is 6.07 Å². The third-order valence-corrected chi connectivity index (χ3v) is 3.72. The number of aryl methyl sites for hydroxylation is 2. The number of hydrogen-bond donors (Lipinski definition) is 0. The van der Waals surface area contributed by atoms with Crippen molar-refractivity contribution in [3.05, 3.63) is 59.7 Å². The molecule has 0 N–H and O–H groups in total. The average molecular weight is 260 g/mol. The fourth-order valence-electron chi connectivity index (χ4n) is 2.76. The van der Waals surface area contributed by atoms with Crippen LogP contribution < -0.4 is 0 Å². The molecule has 98 valence electrons. The van der Waals surface area contributed by atoms with Crippen LogP contribution in [0.3, 0.4) is 0 Å². The zero-order valence-corrected chi connectivity index (χ0v) is 11.7. The fraction of sp³-hybridized carbons (Fsp3) is 0.167. The minimum atomic E-state index is 0.770. The van der Waals surface area contributed by atoms with Gasteiger partial charge in [-0.2, -0.15) is 5.26 Å². The summed E-state index contributed by atoms with van der Waals surface area (Å²) in [6.45, 7) is 5.04. The smallest absolute Gasteiger partial charge is 0.102 e. The molecule has 0 fully saturated rings. The topological polar surface area (TPSA) is 28.7 Å². The summed E-state index contributed by atoms with van der Waals surface area (Å²) in [7, 11) is 0. The van der Waals surface area contributed by atoms with Crippen LogP contribution >= 0.6 is 0 Å². The lowest BCUT2D eigenvalue weighted by molar-refractivity contribution is 0.804. The maximum atomic E-state index is 9.58. The summed E-state index contributed by atoms with van der Waals surface area (Å²) in [6, 6.07) is 18.9. The number of para-hydroxylation sites is 1. The Kier molecular flexibility index (Phi) is 3.04. The highest BCUT2D eigenvalue weighted by Crippen LogP contribution is 2.33. The molecule has 1 heterocycles. The van der Waals surface area contributed by atoms with E-state index in [-0.39, 0.29) is 0 Å². The van der Waals surface area contributed by atoms with Crippen molar-refractivity contribution < 1.29 is 0 Å². The van der Waals surface area contributed by atoms with Crippen LogP contribution in [0.2, 0.25) is 0 Å². The molecule has 0 spiro atoms. The van der Waals surface area contributed by atoms with Crippen LogP contribution in [0.4, 0.5) is 0 Å². The first-order valence-electron chi connectivity index (χ1n) is 6.84. The minimum absolute atomic E-state index is 0.770. The van der Waals surface area contributed by atoms with Crippen molar-refractivity contribution in [3.63, 3.8) is 0 Å². The zero-order valence-electron chi connectivity index (χ0n) is 11.7. The second-order valence-corrected chi connectivity index (χ2v) is 4.96. The van der Waals surface area contributed by atoms with Gasteiger partial charge in [0, 0.05) is 17.4 Å². The molecule has 0 aliphatic heterocycles. The van der Waals surface area contributed by atoms with Crippen molar-refractivity contribution in [2.45, 2.75) is 20.4 Å². The van der Waals surface area contributed by atoms with Crippen LogP contribution in [0.5, 0.6) is 0 Å². The normalized spacial score (nSPS) is 10.7. The van der Waals surface area contributed by atoms with Crippen LogP contribution in [0.15, 0.2) is 48.5 Å². The van der Waals surface area contributed by atoms with Crippen molar-refractivity contribution in [1.82, 2.24) is 4.57 Å². The quantitative estimate of drug-likeness (QED) is 0.666. The van der Waals surface area contributed by atoms with Crippen LogP contribution in [0.25, 0.3) is 22.2 Å². The SMILES string of the molecule is CCn1c(-c2ccc(C)cc2)c(C#N)c2ccccc21. The summed E-state index contributed by atoms with van der Waals surface area (Å²) in [5.74, 6) is 0. The summed E-state index contributed by atoms with van der Waals surface area (Å²) in [6.07, 6.45) is 0. The molecule has 2 heteroatoms. The van der Waals surface area contributed by atoms with Gasteiger partial charge in [0.2, 0.25) is 0 Å². The zero-order chi connectivity index (χ0) is 14.1. The first-order chi connectivity index (χ1) is 9.76. The lowest BCUT2D eigenvalue weighted by Crippen LogP contribution is -1.97. The van der Waals surface area contributed by atoms with E-state index in [4.69, 9.17) is 0 Å². The van der Waals surface area contributed by atoms with Crippen LogP contribution in [-0.4, -0.2) is 4.57 Å². The molecule has 2 nitrogen and oxygen atoms in total. The number of nitriles is 1. The maximum Gasteiger partial charge on any atom is 0.102 e. The van der Waals surface area contributed by atoms with Gasteiger partial charge in [-0.1, -0.05) is 48.0 Å². The Morgan fingerprint density at radius 3 is 2.40 bits per heavy atom. The molecule has 3 rings (SSSR count). The van der Waals surface area contributed by atoms with E-state index in [1.807, 2.05) is 18.2 Å². The second kappa shape index (κ2) is 4.86. The molecule has 0 aliphatic rings. The van der Waals surface area contributed by atoms with E-state index in [1.165, 1.54) is 5.56 Å². The van der Waals surface area contributed by atoms with E-state index in [0.29, 0.717) is 0 Å². The third-order valence-electron chi connectivity index (χ3n) is 3.72. The van der Waals surface area contributed by atoms with Gasteiger partial charge in [0.15, 0.2) is 0 Å². The van der Waals surface area contributed by atoms with Crippen LogP contribution in [-0.2, 0) is 6.54 Å². The van der Waals surface area contributed by atoms with E-state index in [9.17, 15) is 5.26 Å². The molecular formula is C18H16N2. The predicted molar refractivity (Wildman–Crippen MR) is 82.5 cm³/mol. The summed E-state index contributed by atoms with van der Waals surface area (Å²) in [5, 5.41) is 10.6. The number of fused-ring (bicyclic) bond motifs is 1. The van der Waals surface area contributed by atoms with E-state index < -0.39 is 0 Å². The van der Waals surface area contributed by atoms with Gasteiger partial charge in [0.05, 0.1) is 11.3 Å². The first kappa shape index (κ1) is 12.5. The van der Waals surface area contributed by atoms with E-state index in [0.717, 1.165) is 34.3 Å². The molecule has 0 radical (unpaired) electrons. The average Bonchev–Trinajstić information content (AvgIpc) is 2.81. The lowest BCUT2D eigenvalue weighted by Gasteiger charge is -2.08. The molecule has 0 bridgehead atoms. The monoisotopic (exact) mass is 260 g/mol. The molecule has 1 aromatic heterocycles. The Balaban J connectivity index is 2.39. The Morgan fingerprint density at radius 1 is 1.05 bits per heavy atom. The minimum Gasteiger partial charge on any atom is -0.340 e. The molecule has 0 saturated carbocycles. The van der Waals surface area contributed by atoms with Gasteiger partial charge in [-0.05, 0) is 25.5 Å². The predicted octanol–water partition coefficient (Wildman–Crippen LogP) is 4.51. The van der Waals surface area contributed by atoms with Crippen LogP contribution in [0, 0.1) is 18.3 Å². The van der Waals surface area contributed by atoms with Crippen molar-refractivity contribution in [3.8, 4) is 17.3 Å². The molecule has 0 amide bonds. The number of benzene rings is 2. The van der Waals surface area contributed by atoms with Gasteiger partial charge in [-0.15, -0.1) is 0 Å². The summed E-state index contributed by atoms with van der Waals surface area (Å²) in [4.78, 5) is 0. The highest BCUT2D eigenvalue weighted by Gasteiger charge is 2.16. The first-order valence-corrected chi connectivity index (χ1v) is 6.84. The molecule has 3 aromatic rings. The fourth-order valence-corrected chi connectivity index (χ4v) is 2.76. The van der Waals surface area contributed by atoms with Crippen molar-refractivity contribution >= 4 is 10.9 Å². The maximum absolute atomic E-state index is 9.58. The number of rotatable bonds is 2. The molecular weight excluding hydrogens is 244 g/mol. The number of hydrogen-bond acceptors (Lipinski definition) is 1. The summed E-state index contributed by atoms with van der Waals surface area (Å²) < 4.78 is 2.22. The molecule has 20 heavy (non-hydrogen) atoms. The molecule has 2 aromatic carbocycles. The number of nitrogens with zero attached hydrogens (tertiary/aromatic N) is 2. The highest BCUT2D eigenvalue weighted by molar-refractivity contribution is 5.94. The van der Waals surface area contributed by atoms with Crippen molar-refractivity contribution in [2.75, 3.05) is 0 Å². The second-order valence-electron chi connectivity index (χ2n) is 4.96. The van der Waals surface area contributed by atoms with E-state index >= 15 is 0 Å². The lowest BCUT2D eigenvalue weighted by atomic mass is 10.0. The van der Waals surface area contributed by atoms with Gasteiger partial charge in [0.25, 0.3) is 0 Å². The van der Waals surface area contributed by atoms with Crippen LogP contribution in [0.1, 0.15) is 18.1 Å². The Labute approximate surface area is 118 Å². The van der Waals surface area contributed by atoms with Crippen molar-refractivity contribution in [1.29, 1.82) is 5.26 Å². The van der Waals surface area contributed by atoms with Crippen molar-refractivity contribution in [2.24, 2.45) is 0 Å². The van der Waals surface area contributed by atoms with Gasteiger partial charge < -0.3 is 4.57 Å². The number of aromatic nitrogens is 1. The van der Waals surface area contributed by atoms with Gasteiger partial charge in [-0.25, -0.2) is 0 Å². The summed E-state index contributed by atoms with van der Waals surface area (Å²) in [5.41, 5.74) is 5.25. The molecule has 0 atom stereocenters. The Bertz CT molecular complexity index is 802.